The third-order valence-corrected chi connectivity index (χ3v) is 2.51. The van der Waals surface area contributed by atoms with Gasteiger partial charge in [0.15, 0.2) is 5.78 Å². The SMILES string of the molecule is C[C@H]1C(N)[C@@H]1C(=O)c1cnc[nH]1. The quantitative estimate of drug-likeness (QED) is 0.614. The first kappa shape index (κ1) is 7.49. The lowest BCUT2D eigenvalue weighted by molar-refractivity contribution is 0.0956. The summed E-state index contributed by atoms with van der Waals surface area (Å²) in [4.78, 5) is 18.1. The molecule has 4 heteroatoms. The first-order chi connectivity index (χ1) is 5.72. The summed E-state index contributed by atoms with van der Waals surface area (Å²) in [6, 6.07) is 0.0424. The van der Waals surface area contributed by atoms with Gasteiger partial charge in [0.05, 0.1) is 12.5 Å². The van der Waals surface area contributed by atoms with E-state index >= 15 is 0 Å². The first-order valence-corrected chi connectivity index (χ1v) is 4.00. The van der Waals surface area contributed by atoms with Crippen molar-refractivity contribution in [2.75, 3.05) is 0 Å². The molecule has 1 unspecified atom stereocenters. The summed E-state index contributed by atoms with van der Waals surface area (Å²) in [5.41, 5.74) is 6.23. The lowest BCUT2D eigenvalue weighted by Gasteiger charge is -1.92. The van der Waals surface area contributed by atoms with Crippen LogP contribution in [0.25, 0.3) is 0 Å². The van der Waals surface area contributed by atoms with Crippen LogP contribution in [0.5, 0.6) is 0 Å². The standard InChI is InChI=1S/C8H11N3O/c1-4-6(7(4)9)8(12)5-2-10-3-11-5/h2-4,6-7H,9H2,1H3,(H,10,11)/t4-,6-,7?/m1/s1. The van der Waals surface area contributed by atoms with E-state index in [1.165, 1.54) is 6.33 Å². The molecule has 2 rings (SSSR count). The predicted molar refractivity (Wildman–Crippen MR) is 43.5 cm³/mol. The van der Waals surface area contributed by atoms with E-state index in [-0.39, 0.29) is 17.7 Å². The molecule has 4 nitrogen and oxygen atoms in total. The summed E-state index contributed by atoms with van der Waals surface area (Å²) >= 11 is 0. The smallest absolute Gasteiger partial charge is 0.185 e. The molecule has 0 saturated heterocycles. The molecule has 0 bridgehead atoms. The fourth-order valence-electron chi connectivity index (χ4n) is 1.48. The molecule has 0 amide bonds. The topological polar surface area (TPSA) is 71.8 Å². The number of Topliss-reactive ketones (excluding diaryl/α,β-unsaturated/α-hetero) is 1. The zero-order valence-electron chi connectivity index (χ0n) is 6.82. The number of hydrogen-bond donors (Lipinski definition) is 2. The van der Waals surface area contributed by atoms with E-state index in [4.69, 9.17) is 5.73 Å². The van der Waals surface area contributed by atoms with Gasteiger partial charge < -0.3 is 10.7 Å². The van der Waals surface area contributed by atoms with Crippen LogP contribution in [0.4, 0.5) is 0 Å². The zero-order valence-corrected chi connectivity index (χ0v) is 6.82. The summed E-state index contributed by atoms with van der Waals surface area (Å²) in [6.45, 7) is 1.99. The Hall–Kier alpha value is -1.16. The number of imidazole rings is 1. The third kappa shape index (κ3) is 0.956. The molecule has 1 aliphatic rings. The summed E-state index contributed by atoms with van der Waals surface area (Å²) < 4.78 is 0. The second kappa shape index (κ2) is 2.42. The third-order valence-electron chi connectivity index (χ3n) is 2.51. The highest BCUT2D eigenvalue weighted by Gasteiger charge is 2.49. The number of carbonyl (C=O) groups is 1. The molecule has 0 aliphatic heterocycles. The number of hydrogen-bond acceptors (Lipinski definition) is 3. The molecule has 12 heavy (non-hydrogen) atoms. The lowest BCUT2D eigenvalue weighted by atomic mass is 10.2. The van der Waals surface area contributed by atoms with Crippen LogP contribution in [0.2, 0.25) is 0 Å². The van der Waals surface area contributed by atoms with Gasteiger partial charge in [-0.25, -0.2) is 4.98 Å². The van der Waals surface area contributed by atoms with Gasteiger partial charge in [0.2, 0.25) is 0 Å². The fraction of sp³-hybridized carbons (Fsp3) is 0.500. The van der Waals surface area contributed by atoms with Crippen molar-refractivity contribution in [3.05, 3.63) is 18.2 Å². The number of ketones is 1. The Morgan fingerprint density at radius 1 is 1.75 bits per heavy atom. The van der Waals surface area contributed by atoms with Crippen LogP contribution in [0.1, 0.15) is 17.4 Å². The highest BCUT2D eigenvalue weighted by Crippen LogP contribution is 2.38. The summed E-state index contributed by atoms with van der Waals surface area (Å²) in [5, 5.41) is 0. The molecular weight excluding hydrogens is 154 g/mol. The van der Waals surface area contributed by atoms with Crippen LogP contribution in [0.3, 0.4) is 0 Å². The van der Waals surface area contributed by atoms with E-state index in [1.807, 2.05) is 6.92 Å². The number of H-pyrrole nitrogens is 1. The van der Waals surface area contributed by atoms with Crippen molar-refractivity contribution in [3.63, 3.8) is 0 Å². The highest BCUT2D eigenvalue weighted by molar-refractivity contribution is 5.98. The van der Waals surface area contributed by atoms with Crippen LogP contribution in [-0.4, -0.2) is 21.8 Å². The van der Waals surface area contributed by atoms with E-state index in [2.05, 4.69) is 9.97 Å². The first-order valence-electron chi connectivity index (χ1n) is 4.00. The molecule has 0 radical (unpaired) electrons. The van der Waals surface area contributed by atoms with Crippen LogP contribution >= 0.6 is 0 Å². The van der Waals surface area contributed by atoms with Crippen molar-refractivity contribution in [1.29, 1.82) is 0 Å². The molecular formula is C8H11N3O. The number of nitrogens with zero attached hydrogens (tertiary/aromatic N) is 1. The Balaban J connectivity index is 2.13. The molecule has 1 heterocycles. The molecule has 1 saturated carbocycles. The normalized spacial score (nSPS) is 33.3. The van der Waals surface area contributed by atoms with Gasteiger partial charge in [-0.2, -0.15) is 0 Å². The predicted octanol–water partition coefficient (Wildman–Crippen LogP) is 0.186. The van der Waals surface area contributed by atoms with Crippen molar-refractivity contribution in [2.45, 2.75) is 13.0 Å². The summed E-state index contributed by atoms with van der Waals surface area (Å²) in [7, 11) is 0. The molecule has 0 spiro atoms. The second-order valence-corrected chi connectivity index (χ2v) is 3.29. The molecule has 1 aromatic rings. The molecule has 3 N–H and O–H groups in total. The monoisotopic (exact) mass is 165 g/mol. The Kier molecular flexibility index (Phi) is 1.51. The van der Waals surface area contributed by atoms with Crippen molar-refractivity contribution >= 4 is 5.78 Å². The van der Waals surface area contributed by atoms with Gasteiger partial charge in [-0.3, -0.25) is 4.79 Å². The van der Waals surface area contributed by atoms with Gasteiger partial charge in [-0.1, -0.05) is 6.92 Å². The zero-order chi connectivity index (χ0) is 8.72. The highest BCUT2D eigenvalue weighted by atomic mass is 16.1. The Morgan fingerprint density at radius 3 is 2.83 bits per heavy atom. The number of nitrogens with two attached hydrogens (primary N) is 1. The van der Waals surface area contributed by atoms with Crippen LogP contribution in [0.15, 0.2) is 12.5 Å². The number of aromatic nitrogens is 2. The van der Waals surface area contributed by atoms with Gasteiger partial charge in [0, 0.05) is 12.0 Å². The number of carbonyl (C=O) groups excluding carboxylic acids is 1. The average molecular weight is 165 g/mol. The minimum absolute atomic E-state index is 0.00505. The van der Waals surface area contributed by atoms with Gasteiger partial charge in [-0.05, 0) is 5.92 Å². The molecule has 0 aromatic carbocycles. The van der Waals surface area contributed by atoms with E-state index < -0.39 is 0 Å². The van der Waals surface area contributed by atoms with Crippen LogP contribution in [0, 0.1) is 11.8 Å². The Bertz CT molecular complexity index is 285. The maximum atomic E-state index is 11.5. The summed E-state index contributed by atoms with van der Waals surface area (Å²) in [6.07, 6.45) is 3.05. The van der Waals surface area contributed by atoms with Crippen LogP contribution < -0.4 is 5.73 Å². The number of aromatic amines is 1. The van der Waals surface area contributed by atoms with Gasteiger partial charge in [-0.15, -0.1) is 0 Å². The molecule has 1 aromatic heterocycles. The van der Waals surface area contributed by atoms with E-state index in [0.29, 0.717) is 11.6 Å². The van der Waals surface area contributed by atoms with E-state index in [9.17, 15) is 4.79 Å². The Morgan fingerprint density at radius 2 is 2.42 bits per heavy atom. The maximum Gasteiger partial charge on any atom is 0.185 e. The van der Waals surface area contributed by atoms with E-state index in [0.717, 1.165) is 0 Å². The number of rotatable bonds is 2. The molecule has 64 valence electrons. The largest absolute Gasteiger partial charge is 0.342 e. The van der Waals surface area contributed by atoms with Crippen molar-refractivity contribution < 1.29 is 4.79 Å². The molecule has 1 fully saturated rings. The van der Waals surface area contributed by atoms with Crippen molar-refractivity contribution in [3.8, 4) is 0 Å². The molecule has 1 aliphatic carbocycles. The van der Waals surface area contributed by atoms with Crippen molar-refractivity contribution in [2.24, 2.45) is 17.6 Å². The minimum Gasteiger partial charge on any atom is -0.342 e. The lowest BCUT2D eigenvalue weighted by Crippen LogP contribution is -2.10. The van der Waals surface area contributed by atoms with E-state index in [1.54, 1.807) is 6.20 Å². The second-order valence-electron chi connectivity index (χ2n) is 3.29. The minimum atomic E-state index is 0.00505. The Labute approximate surface area is 70.2 Å². The average Bonchev–Trinajstić information content (AvgIpc) is 2.60. The number of nitrogens with one attached hydrogen (secondary N) is 1. The van der Waals surface area contributed by atoms with Gasteiger partial charge >= 0.3 is 0 Å². The van der Waals surface area contributed by atoms with Gasteiger partial charge in [0.1, 0.15) is 5.69 Å². The van der Waals surface area contributed by atoms with Gasteiger partial charge in [0.25, 0.3) is 0 Å². The maximum absolute atomic E-state index is 11.5. The van der Waals surface area contributed by atoms with Crippen LogP contribution in [-0.2, 0) is 0 Å². The van der Waals surface area contributed by atoms with Crippen molar-refractivity contribution in [1.82, 2.24) is 9.97 Å². The summed E-state index contributed by atoms with van der Waals surface area (Å²) in [5.74, 6) is 0.416. The fourth-order valence-corrected chi connectivity index (χ4v) is 1.48. The molecule has 3 atom stereocenters.